The lowest BCUT2D eigenvalue weighted by Crippen LogP contribution is -2.13. The number of rotatable bonds is 14. The normalized spacial score (nSPS) is 10.4. The maximum atomic E-state index is 11.4. The number of halogens is 1. The first-order chi connectivity index (χ1) is 10.2. The fourth-order valence-corrected chi connectivity index (χ4v) is 1.87. The Morgan fingerprint density at radius 1 is 0.762 bits per heavy atom. The summed E-state index contributed by atoms with van der Waals surface area (Å²) in [5, 5.41) is 0. The molecule has 0 N–H and O–H groups in total. The summed E-state index contributed by atoms with van der Waals surface area (Å²) < 4.78 is 14.6. The van der Waals surface area contributed by atoms with Crippen LogP contribution in [0.1, 0.15) is 51.4 Å². The molecule has 6 heteroatoms. The average Bonchev–Trinajstić information content (AvgIpc) is 2.48. The zero-order valence-corrected chi connectivity index (χ0v) is 13.7. The minimum atomic E-state index is -0.400. The SMILES string of the molecule is COCCOC(=O)CCC(=O)OCCCCCCCCCl. The predicted octanol–water partition coefficient (Wildman–Crippen LogP) is 3.08. The lowest BCUT2D eigenvalue weighted by molar-refractivity contribution is -0.151. The van der Waals surface area contributed by atoms with Crippen molar-refractivity contribution < 1.29 is 23.8 Å². The molecule has 0 heterocycles. The topological polar surface area (TPSA) is 61.8 Å². The average molecular weight is 323 g/mol. The first-order valence-electron chi connectivity index (χ1n) is 7.57. The Kier molecular flexibility index (Phi) is 15.0. The Hall–Kier alpha value is -0.810. The highest BCUT2D eigenvalue weighted by molar-refractivity contribution is 6.17. The smallest absolute Gasteiger partial charge is 0.306 e. The van der Waals surface area contributed by atoms with Crippen molar-refractivity contribution in [2.24, 2.45) is 0 Å². The van der Waals surface area contributed by atoms with Crippen LogP contribution in [0.3, 0.4) is 0 Å². The molecule has 0 atom stereocenters. The van der Waals surface area contributed by atoms with Gasteiger partial charge in [-0.2, -0.15) is 0 Å². The van der Waals surface area contributed by atoms with Crippen molar-refractivity contribution in [1.82, 2.24) is 0 Å². The number of ether oxygens (including phenoxy) is 3. The zero-order valence-electron chi connectivity index (χ0n) is 12.9. The molecule has 0 amide bonds. The molecule has 0 fully saturated rings. The monoisotopic (exact) mass is 322 g/mol. The lowest BCUT2D eigenvalue weighted by Gasteiger charge is -2.05. The second-order valence-electron chi connectivity index (χ2n) is 4.74. The van der Waals surface area contributed by atoms with Gasteiger partial charge in [-0.25, -0.2) is 0 Å². The maximum absolute atomic E-state index is 11.4. The van der Waals surface area contributed by atoms with E-state index < -0.39 is 5.97 Å². The summed E-state index contributed by atoms with van der Waals surface area (Å²) in [6.45, 7) is 1.00. The standard InChI is InChI=1S/C15H27ClO5/c1-19-12-13-21-15(18)9-8-14(17)20-11-7-5-3-2-4-6-10-16/h2-13H2,1H3. The lowest BCUT2D eigenvalue weighted by atomic mass is 10.1. The number of hydrogen-bond donors (Lipinski definition) is 0. The minimum Gasteiger partial charge on any atom is -0.466 e. The molecule has 5 nitrogen and oxygen atoms in total. The number of carbonyl (C=O) groups is 2. The summed E-state index contributed by atoms with van der Waals surface area (Å²) in [7, 11) is 1.53. The second-order valence-corrected chi connectivity index (χ2v) is 5.12. The molecule has 21 heavy (non-hydrogen) atoms. The van der Waals surface area contributed by atoms with E-state index in [4.69, 9.17) is 25.8 Å². The van der Waals surface area contributed by atoms with Gasteiger partial charge in [-0.3, -0.25) is 9.59 Å². The highest BCUT2D eigenvalue weighted by Gasteiger charge is 2.08. The molecule has 0 aliphatic rings. The molecule has 0 rings (SSSR count). The van der Waals surface area contributed by atoms with Gasteiger partial charge in [0.15, 0.2) is 0 Å². The van der Waals surface area contributed by atoms with Crippen molar-refractivity contribution in [1.29, 1.82) is 0 Å². The van der Waals surface area contributed by atoms with Gasteiger partial charge in [0.05, 0.1) is 26.1 Å². The molecule has 124 valence electrons. The van der Waals surface area contributed by atoms with Crippen LogP contribution >= 0.6 is 11.6 Å². The van der Waals surface area contributed by atoms with Crippen LogP contribution in [0.2, 0.25) is 0 Å². The molecular weight excluding hydrogens is 296 g/mol. The van der Waals surface area contributed by atoms with Crippen LogP contribution in [0, 0.1) is 0 Å². The van der Waals surface area contributed by atoms with Gasteiger partial charge in [-0.05, 0) is 12.8 Å². The van der Waals surface area contributed by atoms with Crippen molar-refractivity contribution in [2.45, 2.75) is 51.4 Å². The summed E-state index contributed by atoms with van der Waals surface area (Å²) in [6, 6.07) is 0. The number of unbranched alkanes of at least 4 members (excludes halogenated alkanes) is 5. The van der Waals surface area contributed by atoms with Crippen LogP contribution in [0.15, 0.2) is 0 Å². The highest BCUT2D eigenvalue weighted by Crippen LogP contribution is 2.06. The Morgan fingerprint density at radius 3 is 1.86 bits per heavy atom. The molecule has 0 aliphatic heterocycles. The quantitative estimate of drug-likeness (QED) is 0.279. The summed E-state index contributed by atoms with van der Waals surface area (Å²) in [5.41, 5.74) is 0. The molecule has 0 aliphatic carbocycles. The molecule has 0 saturated heterocycles. The fraction of sp³-hybridized carbons (Fsp3) is 0.867. The third kappa shape index (κ3) is 15.4. The third-order valence-corrected chi connectivity index (χ3v) is 3.14. The van der Waals surface area contributed by atoms with Gasteiger partial charge in [-0.1, -0.05) is 25.7 Å². The van der Waals surface area contributed by atoms with E-state index >= 15 is 0 Å². The number of methoxy groups -OCH3 is 1. The van der Waals surface area contributed by atoms with E-state index in [1.54, 1.807) is 0 Å². The minimum absolute atomic E-state index is 0.0565. The molecule has 0 spiro atoms. The van der Waals surface area contributed by atoms with E-state index in [0.717, 1.165) is 38.0 Å². The first kappa shape index (κ1) is 20.2. The number of alkyl halides is 1. The second kappa shape index (κ2) is 15.6. The molecule has 0 bridgehead atoms. The Balaban J connectivity index is 3.32. The summed E-state index contributed by atoms with van der Waals surface area (Å²) in [5.74, 6) is -0.0185. The first-order valence-corrected chi connectivity index (χ1v) is 8.10. The summed E-state index contributed by atoms with van der Waals surface area (Å²) in [4.78, 5) is 22.6. The molecule has 0 aromatic rings. The molecule has 0 radical (unpaired) electrons. The van der Waals surface area contributed by atoms with E-state index in [2.05, 4.69) is 0 Å². The number of hydrogen-bond acceptors (Lipinski definition) is 5. The van der Waals surface area contributed by atoms with Gasteiger partial charge >= 0.3 is 11.9 Å². The van der Waals surface area contributed by atoms with Gasteiger partial charge in [0.2, 0.25) is 0 Å². The van der Waals surface area contributed by atoms with E-state index in [0.29, 0.717) is 13.2 Å². The predicted molar refractivity (Wildman–Crippen MR) is 81.5 cm³/mol. The van der Waals surface area contributed by atoms with E-state index in [-0.39, 0.29) is 25.4 Å². The zero-order chi connectivity index (χ0) is 15.8. The Bertz CT molecular complexity index is 271. The van der Waals surface area contributed by atoms with Crippen molar-refractivity contribution in [2.75, 3.05) is 32.8 Å². The molecule has 0 aromatic carbocycles. The van der Waals surface area contributed by atoms with Gasteiger partial charge < -0.3 is 14.2 Å². The van der Waals surface area contributed by atoms with E-state index in [9.17, 15) is 9.59 Å². The van der Waals surface area contributed by atoms with Crippen LogP contribution in [-0.4, -0.2) is 44.7 Å². The molecule has 0 aromatic heterocycles. The van der Waals surface area contributed by atoms with E-state index in [1.165, 1.54) is 13.5 Å². The summed E-state index contributed by atoms with van der Waals surface area (Å²) in [6.07, 6.45) is 6.59. The maximum Gasteiger partial charge on any atom is 0.306 e. The molecule has 0 saturated carbocycles. The van der Waals surface area contributed by atoms with Crippen molar-refractivity contribution >= 4 is 23.5 Å². The van der Waals surface area contributed by atoms with Gasteiger partial charge in [0.1, 0.15) is 6.61 Å². The van der Waals surface area contributed by atoms with Crippen molar-refractivity contribution in [3.8, 4) is 0 Å². The van der Waals surface area contributed by atoms with Crippen molar-refractivity contribution in [3.63, 3.8) is 0 Å². The van der Waals surface area contributed by atoms with Gasteiger partial charge in [0.25, 0.3) is 0 Å². The van der Waals surface area contributed by atoms with Crippen LogP contribution in [0.5, 0.6) is 0 Å². The summed E-state index contributed by atoms with van der Waals surface area (Å²) >= 11 is 5.59. The van der Waals surface area contributed by atoms with Gasteiger partial charge in [0, 0.05) is 13.0 Å². The van der Waals surface area contributed by atoms with Crippen LogP contribution in [-0.2, 0) is 23.8 Å². The number of esters is 2. The fourth-order valence-electron chi connectivity index (χ4n) is 1.68. The highest BCUT2D eigenvalue weighted by atomic mass is 35.5. The van der Waals surface area contributed by atoms with Crippen LogP contribution in [0.25, 0.3) is 0 Å². The molecular formula is C15H27ClO5. The molecule has 0 unspecified atom stereocenters. The van der Waals surface area contributed by atoms with Crippen LogP contribution in [0.4, 0.5) is 0 Å². The van der Waals surface area contributed by atoms with Crippen LogP contribution < -0.4 is 0 Å². The Labute approximate surface area is 132 Å². The van der Waals surface area contributed by atoms with Gasteiger partial charge in [-0.15, -0.1) is 11.6 Å². The van der Waals surface area contributed by atoms with E-state index in [1.807, 2.05) is 0 Å². The Morgan fingerprint density at radius 2 is 1.29 bits per heavy atom. The van der Waals surface area contributed by atoms with Crippen molar-refractivity contribution in [3.05, 3.63) is 0 Å². The largest absolute Gasteiger partial charge is 0.466 e. The number of carbonyl (C=O) groups excluding carboxylic acids is 2. The third-order valence-electron chi connectivity index (χ3n) is 2.87.